The van der Waals surface area contributed by atoms with E-state index >= 15 is 0 Å². The van der Waals surface area contributed by atoms with Crippen molar-refractivity contribution in [2.75, 3.05) is 18.4 Å². The van der Waals surface area contributed by atoms with Gasteiger partial charge in [0.15, 0.2) is 5.96 Å². The van der Waals surface area contributed by atoms with Crippen LogP contribution in [0.25, 0.3) is 0 Å². The zero-order valence-electron chi connectivity index (χ0n) is 14.5. The summed E-state index contributed by atoms with van der Waals surface area (Å²) in [5.41, 5.74) is 7.54. The van der Waals surface area contributed by atoms with E-state index in [1.807, 2.05) is 39.0 Å². The lowest BCUT2D eigenvalue weighted by molar-refractivity contribution is 0.0527. The Kier molecular flexibility index (Phi) is 7.38. The van der Waals surface area contributed by atoms with Gasteiger partial charge in [-0.3, -0.25) is 4.99 Å². The number of carbonyl (C=O) groups excluding carboxylic acids is 1. The van der Waals surface area contributed by atoms with Gasteiger partial charge in [0, 0.05) is 18.8 Å². The number of guanidine groups is 1. The van der Waals surface area contributed by atoms with Gasteiger partial charge in [-0.25, -0.2) is 4.79 Å². The van der Waals surface area contributed by atoms with Crippen LogP contribution < -0.4 is 16.4 Å². The normalized spacial score (nSPS) is 11.9. The fourth-order valence-corrected chi connectivity index (χ4v) is 1.84. The van der Waals surface area contributed by atoms with Crippen LogP contribution in [0.15, 0.2) is 29.3 Å². The highest BCUT2D eigenvalue weighted by molar-refractivity contribution is 5.92. The molecule has 6 heteroatoms. The molecule has 1 aromatic carbocycles. The van der Waals surface area contributed by atoms with Crippen LogP contribution in [0.4, 0.5) is 10.5 Å². The molecule has 0 atom stereocenters. The summed E-state index contributed by atoms with van der Waals surface area (Å²) >= 11 is 0. The van der Waals surface area contributed by atoms with Gasteiger partial charge < -0.3 is 21.1 Å². The van der Waals surface area contributed by atoms with Crippen molar-refractivity contribution in [3.8, 4) is 0 Å². The number of hydrogen-bond acceptors (Lipinski definition) is 3. The smallest absolute Gasteiger partial charge is 0.407 e. The third-order valence-electron chi connectivity index (χ3n) is 2.89. The van der Waals surface area contributed by atoms with Crippen LogP contribution in [-0.2, 0) is 11.2 Å². The van der Waals surface area contributed by atoms with Gasteiger partial charge in [0.05, 0.1) is 0 Å². The van der Waals surface area contributed by atoms with E-state index in [0.717, 1.165) is 12.1 Å². The third kappa shape index (κ3) is 8.70. The highest BCUT2D eigenvalue weighted by Crippen LogP contribution is 2.10. The van der Waals surface area contributed by atoms with Crippen LogP contribution >= 0.6 is 0 Å². The predicted octanol–water partition coefficient (Wildman–Crippen LogP) is 2.89. The van der Waals surface area contributed by atoms with Crippen LogP contribution in [0.5, 0.6) is 0 Å². The van der Waals surface area contributed by atoms with Gasteiger partial charge >= 0.3 is 6.09 Å². The number of ether oxygens (including phenoxy) is 1. The molecule has 6 nitrogen and oxygen atoms in total. The van der Waals surface area contributed by atoms with Gasteiger partial charge in [0.2, 0.25) is 0 Å². The van der Waals surface area contributed by atoms with E-state index in [1.165, 1.54) is 5.56 Å². The standard InChI is InChI=1S/C17H28N4O2/c1-5-13-8-6-9-14(12-13)21-15(18)19-10-7-11-20-16(22)23-17(2,3)4/h6,8-9,12H,5,7,10-11H2,1-4H3,(H,20,22)(H3,18,19,21). The number of anilines is 1. The number of aryl methyl sites for hydroxylation is 1. The molecule has 0 aliphatic heterocycles. The molecule has 1 aromatic rings. The molecule has 0 radical (unpaired) electrons. The van der Waals surface area contributed by atoms with Crippen molar-refractivity contribution < 1.29 is 9.53 Å². The van der Waals surface area contributed by atoms with Crippen molar-refractivity contribution in [2.45, 2.75) is 46.1 Å². The van der Waals surface area contributed by atoms with Crippen molar-refractivity contribution in [3.63, 3.8) is 0 Å². The first kappa shape index (κ1) is 18.8. The first-order valence-corrected chi connectivity index (χ1v) is 7.93. The van der Waals surface area contributed by atoms with Gasteiger partial charge in [0.25, 0.3) is 0 Å². The minimum absolute atomic E-state index is 0.371. The predicted molar refractivity (Wildman–Crippen MR) is 94.8 cm³/mol. The van der Waals surface area contributed by atoms with E-state index < -0.39 is 11.7 Å². The summed E-state index contributed by atoms with van der Waals surface area (Å²) in [5.74, 6) is 0.371. The van der Waals surface area contributed by atoms with E-state index in [1.54, 1.807) is 0 Å². The number of rotatable bonds is 6. The molecule has 0 fully saturated rings. The molecule has 23 heavy (non-hydrogen) atoms. The average Bonchev–Trinajstić information content (AvgIpc) is 2.45. The molecule has 0 unspecified atom stereocenters. The molecular formula is C17H28N4O2. The fraction of sp³-hybridized carbons (Fsp3) is 0.529. The van der Waals surface area contributed by atoms with Crippen LogP contribution in [0.1, 0.15) is 39.7 Å². The molecule has 4 N–H and O–H groups in total. The summed E-state index contributed by atoms with van der Waals surface area (Å²) in [7, 11) is 0. The van der Waals surface area contributed by atoms with Gasteiger partial charge in [-0.1, -0.05) is 19.1 Å². The maximum atomic E-state index is 11.5. The van der Waals surface area contributed by atoms with Crippen LogP contribution in [0.2, 0.25) is 0 Å². The molecule has 0 aliphatic rings. The Balaban J connectivity index is 2.27. The molecule has 0 bridgehead atoms. The first-order valence-electron chi connectivity index (χ1n) is 7.93. The second-order valence-electron chi connectivity index (χ2n) is 6.23. The molecule has 128 valence electrons. The fourth-order valence-electron chi connectivity index (χ4n) is 1.84. The van der Waals surface area contributed by atoms with E-state index in [2.05, 4.69) is 28.6 Å². The Hall–Kier alpha value is -2.24. The first-order chi connectivity index (χ1) is 10.8. The summed E-state index contributed by atoms with van der Waals surface area (Å²) in [6, 6.07) is 8.05. The quantitative estimate of drug-likeness (QED) is 0.427. The van der Waals surface area contributed by atoms with Gasteiger partial charge in [-0.05, 0) is 51.3 Å². The lowest BCUT2D eigenvalue weighted by atomic mass is 10.1. The lowest BCUT2D eigenvalue weighted by Gasteiger charge is -2.19. The molecule has 0 heterocycles. The van der Waals surface area contributed by atoms with Gasteiger partial charge in [0.1, 0.15) is 5.60 Å². The van der Waals surface area contributed by atoms with Crippen molar-refractivity contribution in [3.05, 3.63) is 29.8 Å². The summed E-state index contributed by atoms with van der Waals surface area (Å²) in [5, 5.41) is 5.75. The third-order valence-corrected chi connectivity index (χ3v) is 2.89. The van der Waals surface area contributed by atoms with Gasteiger partial charge in [-0.2, -0.15) is 0 Å². The Morgan fingerprint density at radius 1 is 1.35 bits per heavy atom. The molecular weight excluding hydrogens is 292 g/mol. The monoisotopic (exact) mass is 320 g/mol. The van der Waals surface area contributed by atoms with E-state index in [-0.39, 0.29) is 0 Å². The molecule has 0 aromatic heterocycles. The zero-order valence-corrected chi connectivity index (χ0v) is 14.5. The number of amides is 1. The number of aliphatic imine (C=N–C) groups is 1. The molecule has 0 saturated heterocycles. The number of carbonyl (C=O) groups is 1. The van der Waals surface area contributed by atoms with E-state index in [9.17, 15) is 4.79 Å². The summed E-state index contributed by atoms with van der Waals surface area (Å²) in [6.45, 7) is 8.62. The van der Waals surface area contributed by atoms with Crippen molar-refractivity contribution in [1.29, 1.82) is 0 Å². The minimum atomic E-state index is -0.483. The molecule has 0 aliphatic carbocycles. The second kappa shape index (κ2) is 9.02. The van der Waals surface area contributed by atoms with Crippen molar-refractivity contribution in [2.24, 2.45) is 10.7 Å². The molecule has 0 spiro atoms. The maximum Gasteiger partial charge on any atom is 0.407 e. The Morgan fingerprint density at radius 3 is 2.74 bits per heavy atom. The van der Waals surface area contributed by atoms with Crippen LogP contribution in [0.3, 0.4) is 0 Å². The second-order valence-corrected chi connectivity index (χ2v) is 6.23. The SMILES string of the molecule is CCc1cccc(NC(N)=NCCCNC(=O)OC(C)(C)C)c1. The Bertz CT molecular complexity index is 536. The number of benzene rings is 1. The largest absolute Gasteiger partial charge is 0.444 e. The van der Waals surface area contributed by atoms with E-state index in [4.69, 9.17) is 10.5 Å². The topological polar surface area (TPSA) is 88.7 Å². The van der Waals surface area contributed by atoms with Crippen molar-refractivity contribution in [1.82, 2.24) is 5.32 Å². The summed E-state index contributed by atoms with van der Waals surface area (Å²) in [4.78, 5) is 15.7. The van der Waals surface area contributed by atoms with E-state index in [0.29, 0.717) is 25.5 Å². The lowest BCUT2D eigenvalue weighted by Crippen LogP contribution is -2.33. The Morgan fingerprint density at radius 2 is 2.09 bits per heavy atom. The van der Waals surface area contributed by atoms with Gasteiger partial charge in [-0.15, -0.1) is 0 Å². The van der Waals surface area contributed by atoms with Crippen molar-refractivity contribution >= 4 is 17.7 Å². The average molecular weight is 320 g/mol. The zero-order chi connectivity index (χ0) is 17.3. The molecule has 0 saturated carbocycles. The number of nitrogens with one attached hydrogen (secondary N) is 2. The summed E-state index contributed by atoms with van der Waals surface area (Å²) < 4.78 is 5.14. The number of nitrogens with two attached hydrogens (primary N) is 1. The molecule has 1 rings (SSSR count). The van der Waals surface area contributed by atoms with Crippen LogP contribution in [-0.4, -0.2) is 30.7 Å². The highest BCUT2D eigenvalue weighted by atomic mass is 16.6. The minimum Gasteiger partial charge on any atom is -0.444 e. The molecule has 1 amide bonds. The number of alkyl carbamates (subject to hydrolysis) is 1. The Labute approximate surface area is 138 Å². The maximum absolute atomic E-state index is 11.5. The number of hydrogen-bond donors (Lipinski definition) is 3. The summed E-state index contributed by atoms with van der Waals surface area (Å²) in [6.07, 6.45) is 1.25. The highest BCUT2D eigenvalue weighted by Gasteiger charge is 2.15. The number of nitrogens with zero attached hydrogens (tertiary/aromatic N) is 1. The van der Waals surface area contributed by atoms with Crippen LogP contribution in [0, 0.1) is 0 Å².